The van der Waals surface area contributed by atoms with E-state index < -0.39 is 11.9 Å². The molecular formula is C22H23F3N8O2. The Balaban J connectivity index is 1.44. The van der Waals surface area contributed by atoms with Crippen molar-refractivity contribution in [3.63, 3.8) is 0 Å². The number of piperidine rings is 1. The van der Waals surface area contributed by atoms with Gasteiger partial charge in [0.2, 0.25) is 11.6 Å². The molecule has 13 heteroatoms. The van der Waals surface area contributed by atoms with Gasteiger partial charge in [0.15, 0.2) is 17.4 Å². The van der Waals surface area contributed by atoms with Gasteiger partial charge in [-0.3, -0.25) is 9.78 Å². The van der Waals surface area contributed by atoms with Crippen molar-refractivity contribution in [3.8, 4) is 17.1 Å². The number of fused-ring (bicyclic) bond motifs is 3. The second-order valence-electron chi connectivity index (χ2n) is 9.40. The average Bonchev–Trinajstić information content (AvgIpc) is 3.42. The second-order valence-corrected chi connectivity index (χ2v) is 9.40. The van der Waals surface area contributed by atoms with Crippen molar-refractivity contribution in [2.75, 3.05) is 49.6 Å². The standard InChI is InChI=1S/C22H23F3N8O2/c1-31-8-9-35-17-16(31)19(32-6-3-21(4-7-32)11-15(34)27-12-21)30-33-18(28-29-20(17)33)13-2-5-26-14(10-13)22(23,24)25/h2,5,10H,3-4,6-9,11-12H2,1H3,(H,27,34). The van der Waals surface area contributed by atoms with Crippen LogP contribution in [0.2, 0.25) is 0 Å². The van der Waals surface area contributed by atoms with Crippen LogP contribution < -0.4 is 19.9 Å². The van der Waals surface area contributed by atoms with E-state index in [-0.39, 0.29) is 22.7 Å². The monoisotopic (exact) mass is 488 g/mol. The SMILES string of the molecule is CN1CCOc2c1c(N1CCC3(CC1)CNC(=O)C3)nn1c(-c3ccnc(C(F)(F)F)c3)nnc21. The number of rotatable bonds is 2. The van der Waals surface area contributed by atoms with E-state index in [4.69, 9.17) is 9.84 Å². The molecule has 0 atom stereocenters. The predicted octanol–water partition coefficient (Wildman–Crippen LogP) is 2.14. The Kier molecular flexibility index (Phi) is 4.80. The fourth-order valence-electron chi connectivity index (χ4n) is 5.15. The predicted molar refractivity (Wildman–Crippen MR) is 119 cm³/mol. The van der Waals surface area contributed by atoms with Crippen molar-refractivity contribution < 1.29 is 22.7 Å². The molecule has 35 heavy (non-hydrogen) atoms. The number of likely N-dealkylation sites (N-methyl/N-ethyl adjacent to an activating group) is 1. The molecule has 1 spiro atoms. The molecule has 2 fully saturated rings. The molecule has 3 aromatic rings. The van der Waals surface area contributed by atoms with Gasteiger partial charge in [-0.05, 0) is 30.4 Å². The van der Waals surface area contributed by atoms with Gasteiger partial charge in [0.1, 0.15) is 18.0 Å². The molecule has 2 saturated heterocycles. The summed E-state index contributed by atoms with van der Waals surface area (Å²) in [6.07, 6.45) is -1.28. The number of halogens is 3. The third-order valence-corrected chi connectivity index (χ3v) is 7.15. The zero-order valence-corrected chi connectivity index (χ0v) is 19.0. The van der Waals surface area contributed by atoms with Crippen LogP contribution in [0.25, 0.3) is 17.0 Å². The molecule has 0 bridgehead atoms. The maximum atomic E-state index is 13.3. The highest BCUT2D eigenvalue weighted by Gasteiger charge is 2.42. The van der Waals surface area contributed by atoms with E-state index in [9.17, 15) is 18.0 Å². The van der Waals surface area contributed by atoms with E-state index in [2.05, 4.69) is 30.3 Å². The normalized spacial score (nSPS) is 19.7. The first-order chi connectivity index (χ1) is 16.7. The third kappa shape index (κ3) is 3.60. The van der Waals surface area contributed by atoms with Crippen molar-refractivity contribution in [2.24, 2.45) is 5.41 Å². The molecule has 0 radical (unpaired) electrons. The summed E-state index contributed by atoms with van der Waals surface area (Å²) >= 11 is 0. The fourth-order valence-corrected chi connectivity index (χ4v) is 5.15. The van der Waals surface area contributed by atoms with Crippen molar-refractivity contribution in [1.82, 2.24) is 30.1 Å². The summed E-state index contributed by atoms with van der Waals surface area (Å²) in [6, 6.07) is 2.40. The Morgan fingerprint density at radius 2 is 1.97 bits per heavy atom. The summed E-state index contributed by atoms with van der Waals surface area (Å²) in [4.78, 5) is 19.5. The Bertz CT molecular complexity index is 1320. The first-order valence-corrected chi connectivity index (χ1v) is 11.4. The van der Waals surface area contributed by atoms with E-state index in [1.54, 1.807) is 0 Å². The van der Waals surface area contributed by atoms with Crippen LogP contribution in [0.4, 0.5) is 24.7 Å². The lowest BCUT2D eigenvalue weighted by atomic mass is 9.77. The Labute approximate surface area is 198 Å². The van der Waals surface area contributed by atoms with Crippen molar-refractivity contribution in [3.05, 3.63) is 24.0 Å². The molecule has 0 saturated carbocycles. The summed E-state index contributed by atoms with van der Waals surface area (Å²) < 4.78 is 47.3. The zero-order valence-electron chi connectivity index (χ0n) is 19.0. The lowest BCUT2D eigenvalue weighted by Crippen LogP contribution is -2.43. The Morgan fingerprint density at radius 1 is 1.17 bits per heavy atom. The van der Waals surface area contributed by atoms with Crippen LogP contribution in [-0.2, 0) is 11.0 Å². The van der Waals surface area contributed by atoms with Gasteiger partial charge in [-0.25, -0.2) is 0 Å². The molecule has 10 nitrogen and oxygen atoms in total. The number of anilines is 2. The van der Waals surface area contributed by atoms with Crippen LogP contribution in [0.1, 0.15) is 25.0 Å². The van der Waals surface area contributed by atoms with Crippen molar-refractivity contribution in [1.29, 1.82) is 0 Å². The van der Waals surface area contributed by atoms with Crippen molar-refractivity contribution in [2.45, 2.75) is 25.4 Å². The van der Waals surface area contributed by atoms with Crippen LogP contribution in [-0.4, -0.2) is 70.5 Å². The Morgan fingerprint density at radius 3 is 2.69 bits per heavy atom. The van der Waals surface area contributed by atoms with Gasteiger partial charge in [-0.2, -0.15) is 17.7 Å². The van der Waals surface area contributed by atoms with E-state index in [1.807, 2.05) is 7.05 Å². The summed E-state index contributed by atoms with van der Waals surface area (Å²) in [5.74, 6) is 1.43. The number of carbonyl (C=O) groups excluding carboxylic acids is 1. The number of ether oxygens (including phenoxy) is 1. The molecular weight excluding hydrogens is 465 g/mol. The van der Waals surface area contributed by atoms with Crippen LogP contribution in [0.15, 0.2) is 18.3 Å². The highest BCUT2D eigenvalue weighted by atomic mass is 19.4. The summed E-state index contributed by atoms with van der Waals surface area (Å²) in [6.45, 7) is 3.17. The number of pyridine rings is 1. The van der Waals surface area contributed by atoms with Gasteiger partial charge in [0.05, 0.1) is 6.54 Å². The van der Waals surface area contributed by atoms with E-state index in [1.165, 1.54) is 10.6 Å². The maximum absolute atomic E-state index is 13.3. The summed E-state index contributed by atoms with van der Waals surface area (Å²) in [5.41, 5.74) is 0.282. The van der Waals surface area contributed by atoms with E-state index in [0.29, 0.717) is 56.4 Å². The Hall–Kier alpha value is -3.64. The average molecular weight is 488 g/mol. The molecule has 3 aliphatic heterocycles. The summed E-state index contributed by atoms with van der Waals surface area (Å²) in [7, 11) is 1.95. The van der Waals surface area contributed by atoms with Crippen LogP contribution in [0, 0.1) is 5.41 Å². The minimum atomic E-state index is -4.58. The molecule has 6 rings (SSSR count). The van der Waals surface area contributed by atoms with Crippen LogP contribution in [0.5, 0.6) is 5.75 Å². The largest absolute Gasteiger partial charge is 0.486 e. The third-order valence-electron chi connectivity index (χ3n) is 7.15. The molecule has 1 N–H and O–H groups in total. The van der Waals surface area contributed by atoms with E-state index in [0.717, 1.165) is 30.8 Å². The number of carbonyl (C=O) groups is 1. The first-order valence-electron chi connectivity index (χ1n) is 11.4. The number of nitrogens with zero attached hydrogens (tertiary/aromatic N) is 7. The van der Waals surface area contributed by atoms with Gasteiger partial charge in [-0.15, -0.1) is 15.3 Å². The number of hydrogen-bond acceptors (Lipinski definition) is 8. The fraction of sp³-hybridized carbons (Fsp3) is 0.500. The molecule has 184 valence electrons. The van der Waals surface area contributed by atoms with Gasteiger partial charge < -0.3 is 19.9 Å². The highest BCUT2D eigenvalue weighted by Crippen LogP contribution is 2.45. The molecule has 0 unspecified atom stereocenters. The molecule has 0 aromatic carbocycles. The lowest BCUT2D eigenvalue weighted by molar-refractivity contribution is -0.141. The number of hydrogen-bond donors (Lipinski definition) is 1. The molecule has 1 amide bonds. The zero-order chi connectivity index (χ0) is 24.4. The van der Waals surface area contributed by atoms with Gasteiger partial charge in [0.25, 0.3) is 0 Å². The van der Waals surface area contributed by atoms with Crippen LogP contribution in [0.3, 0.4) is 0 Å². The minimum absolute atomic E-state index is 0.0348. The highest BCUT2D eigenvalue weighted by molar-refractivity contribution is 5.83. The van der Waals surface area contributed by atoms with Crippen LogP contribution >= 0.6 is 0 Å². The topological polar surface area (TPSA) is 101 Å². The number of nitrogens with one attached hydrogen (secondary N) is 1. The number of amides is 1. The smallest absolute Gasteiger partial charge is 0.433 e. The number of aromatic nitrogens is 5. The van der Waals surface area contributed by atoms with Gasteiger partial charge in [0, 0.05) is 44.9 Å². The molecule has 3 aromatic heterocycles. The minimum Gasteiger partial charge on any atom is -0.486 e. The molecule has 3 aliphatic rings. The van der Waals surface area contributed by atoms with E-state index >= 15 is 0 Å². The summed E-state index contributed by atoms with van der Waals surface area (Å²) in [5, 5.41) is 16.2. The second kappa shape index (κ2) is 7.68. The molecule has 0 aliphatic carbocycles. The maximum Gasteiger partial charge on any atom is 0.433 e. The molecule has 6 heterocycles. The quantitative estimate of drug-likeness (QED) is 0.586. The van der Waals surface area contributed by atoms with Gasteiger partial charge >= 0.3 is 6.18 Å². The lowest BCUT2D eigenvalue weighted by Gasteiger charge is -2.40. The first kappa shape index (κ1) is 21.9. The van der Waals surface area contributed by atoms with Crippen molar-refractivity contribution >= 4 is 23.1 Å². The number of alkyl halides is 3. The van der Waals surface area contributed by atoms with Gasteiger partial charge in [-0.1, -0.05) is 0 Å².